The Hall–Kier alpha value is -1.69. The van der Waals surface area contributed by atoms with Gasteiger partial charge >= 0.3 is 5.69 Å². The van der Waals surface area contributed by atoms with Crippen LogP contribution in [0, 0.1) is 12.3 Å². The van der Waals surface area contributed by atoms with Gasteiger partial charge in [-0.05, 0) is 37.2 Å². The Labute approximate surface area is 138 Å². The summed E-state index contributed by atoms with van der Waals surface area (Å²) in [6, 6.07) is 0. The highest BCUT2D eigenvalue weighted by atomic mass is 32.1. The van der Waals surface area contributed by atoms with Crippen LogP contribution in [0.4, 0.5) is 0 Å². The lowest BCUT2D eigenvalue weighted by molar-refractivity contribution is 0.112. The number of thiophene rings is 1. The van der Waals surface area contributed by atoms with Gasteiger partial charge in [-0.25, -0.2) is 4.79 Å². The summed E-state index contributed by atoms with van der Waals surface area (Å²) in [4.78, 5) is 38.2. The molecule has 0 N–H and O–H groups in total. The van der Waals surface area contributed by atoms with E-state index in [2.05, 4.69) is 13.8 Å². The van der Waals surface area contributed by atoms with E-state index in [9.17, 15) is 14.4 Å². The molecule has 124 valence electrons. The molecule has 1 fully saturated rings. The van der Waals surface area contributed by atoms with Crippen molar-refractivity contribution in [1.82, 2.24) is 9.13 Å². The summed E-state index contributed by atoms with van der Waals surface area (Å²) in [5, 5.41) is 0.539. The Morgan fingerprint density at radius 3 is 2.52 bits per heavy atom. The van der Waals surface area contributed by atoms with Crippen molar-refractivity contribution in [2.75, 3.05) is 0 Å². The fourth-order valence-electron chi connectivity index (χ4n) is 2.93. The Balaban J connectivity index is 2.30. The molecule has 0 aliphatic heterocycles. The summed E-state index contributed by atoms with van der Waals surface area (Å²) in [7, 11) is 0. The van der Waals surface area contributed by atoms with Crippen LogP contribution in [0.25, 0.3) is 10.2 Å². The molecule has 6 heteroatoms. The lowest BCUT2D eigenvalue weighted by Gasteiger charge is -2.14. The normalized spacial score (nSPS) is 16.0. The molecule has 2 aromatic rings. The molecule has 5 nitrogen and oxygen atoms in total. The topological polar surface area (TPSA) is 61.1 Å². The van der Waals surface area contributed by atoms with Gasteiger partial charge in [0.1, 0.15) is 4.83 Å². The molecule has 23 heavy (non-hydrogen) atoms. The monoisotopic (exact) mass is 334 g/mol. The number of nitrogens with zero attached hydrogens (tertiary/aromatic N) is 2. The van der Waals surface area contributed by atoms with E-state index >= 15 is 0 Å². The zero-order chi connectivity index (χ0) is 16.8. The molecular formula is C17H22N2O3S. The molecule has 0 saturated heterocycles. The number of carbonyl (C=O) groups is 1. The van der Waals surface area contributed by atoms with Crippen LogP contribution in [0.1, 0.15) is 54.8 Å². The molecule has 1 saturated carbocycles. The first kappa shape index (κ1) is 16.2. The molecule has 1 aliphatic carbocycles. The second-order valence-corrected chi connectivity index (χ2v) is 7.91. The fraction of sp³-hybridized carbons (Fsp3) is 0.588. The average Bonchev–Trinajstić information content (AvgIpc) is 3.16. The van der Waals surface area contributed by atoms with Crippen LogP contribution in [0.15, 0.2) is 9.59 Å². The van der Waals surface area contributed by atoms with Crippen molar-refractivity contribution in [1.29, 1.82) is 0 Å². The largest absolute Gasteiger partial charge is 0.332 e. The second-order valence-electron chi connectivity index (χ2n) is 6.88. The number of unbranched alkanes of at least 4 members (excludes halogenated alkanes) is 1. The molecule has 2 heterocycles. The summed E-state index contributed by atoms with van der Waals surface area (Å²) in [6.45, 7) is 7.03. The lowest BCUT2D eigenvalue weighted by atomic mass is 10.1. The maximum Gasteiger partial charge on any atom is 0.332 e. The van der Waals surface area contributed by atoms with Gasteiger partial charge in [-0.1, -0.05) is 20.3 Å². The van der Waals surface area contributed by atoms with Crippen molar-refractivity contribution in [3.8, 4) is 0 Å². The van der Waals surface area contributed by atoms with Gasteiger partial charge in [0.2, 0.25) is 0 Å². The third-order valence-electron chi connectivity index (χ3n) is 4.82. The number of aromatic nitrogens is 2. The minimum atomic E-state index is -0.243. The quantitative estimate of drug-likeness (QED) is 0.763. The number of fused-ring (bicyclic) bond motifs is 1. The summed E-state index contributed by atoms with van der Waals surface area (Å²) < 4.78 is 3.08. The number of aryl methyl sites for hydroxylation is 2. The van der Waals surface area contributed by atoms with E-state index in [4.69, 9.17) is 0 Å². The van der Waals surface area contributed by atoms with Gasteiger partial charge in [0.15, 0.2) is 6.29 Å². The third-order valence-corrected chi connectivity index (χ3v) is 6.06. The minimum Gasteiger partial charge on any atom is -0.297 e. The van der Waals surface area contributed by atoms with E-state index in [0.717, 1.165) is 32.0 Å². The van der Waals surface area contributed by atoms with Crippen molar-refractivity contribution in [2.45, 2.75) is 59.5 Å². The summed E-state index contributed by atoms with van der Waals surface area (Å²) >= 11 is 1.25. The highest BCUT2D eigenvalue weighted by Gasteiger charge is 2.38. The Morgan fingerprint density at radius 2 is 1.96 bits per heavy atom. The summed E-state index contributed by atoms with van der Waals surface area (Å²) in [6.07, 6.45) is 4.72. The molecule has 0 radical (unpaired) electrons. The number of carbonyl (C=O) groups excluding carboxylic acids is 1. The van der Waals surface area contributed by atoms with Gasteiger partial charge in [0, 0.05) is 13.1 Å². The predicted molar refractivity (Wildman–Crippen MR) is 92.7 cm³/mol. The van der Waals surface area contributed by atoms with Crippen molar-refractivity contribution in [3.05, 3.63) is 31.3 Å². The Bertz CT molecular complexity index is 884. The average molecular weight is 334 g/mol. The summed E-state index contributed by atoms with van der Waals surface area (Å²) in [5.41, 5.74) is 0.289. The van der Waals surface area contributed by atoms with Crippen LogP contribution >= 0.6 is 11.3 Å². The van der Waals surface area contributed by atoms with Crippen molar-refractivity contribution >= 4 is 27.8 Å². The first-order valence-electron chi connectivity index (χ1n) is 8.14. The molecule has 0 unspecified atom stereocenters. The molecule has 0 amide bonds. The van der Waals surface area contributed by atoms with Crippen LogP contribution in [-0.4, -0.2) is 15.4 Å². The fourth-order valence-corrected chi connectivity index (χ4v) is 4.06. The van der Waals surface area contributed by atoms with Crippen molar-refractivity contribution < 1.29 is 4.79 Å². The predicted octanol–water partition coefficient (Wildman–Crippen LogP) is 2.95. The van der Waals surface area contributed by atoms with Gasteiger partial charge in [-0.3, -0.25) is 18.7 Å². The first-order valence-corrected chi connectivity index (χ1v) is 8.95. The minimum absolute atomic E-state index is 0.0661. The Kier molecular flexibility index (Phi) is 4.04. The molecule has 2 aromatic heterocycles. The maximum atomic E-state index is 12.9. The smallest absolute Gasteiger partial charge is 0.297 e. The highest BCUT2D eigenvalue weighted by Crippen LogP contribution is 2.45. The van der Waals surface area contributed by atoms with Gasteiger partial charge < -0.3 is 0 Å². The van der Waals surface area contributed by atoms with E-state index in [1.165, 1.54) is 15.9 Å². The van der Waals surface area contributed by atoms with E-state index in [1.807, 2.05) is 0 Å². The SMILES string of the molecule is CCCCn1c(=O)n(CC2(C)CC2)c(=O)c2c(C)c(C=O)sc21. The van der Waals surface area contributed by atoms with E-state index < -0.39 is 0 Å². The second kappa shape index (κ2) is 5.74. The zero-order valence-corrected chi connectivity index (χ0v) is 14.7. The van der Waals surface area contributed by atoms with Crippen LogP contribution in [0.3, 0.4) is 0 Å². The molecule has 0 aromatic carbocycles. The maximum absolute atomic E-state index is 12.9. The van der Waals surface area contributed by atoms with Gasteiger partial charge in [0.05, 0.1) is 10.3 Å². The van der Waals surface area contributed by atoms with Crippen molar-refractivity contribution in [2.24, 2.45) is 5.41 Å². The van der Waals surface area contributed by atoms with E-state index in [1.54, 1.807) is 11.5 Å². The van der Waals surface area contributed by atoms with E-state index in [0.29, 0.717) is 33.7 Å². The van der Waals surface area contributed by atoms with Gasteiger partial charge in [0.25, 0.3) is 5.56 Å². The molecular weight excluding hydrogens is 312 g/mol. The molecule has 1 aliphatic rings. The number of hydrogen-bond donors (Lipinski definition) is 0. The first-order chi connectivity index (χ1) is 10.9. The van der Waals surface area contributed by atoms with Gasteiger partial charge in [-0.15, -0.1) is 11.3 Å². The molecule has 3 rings (SSSR count). The van der Waals surface area contributed by atoms with Crippen LogP contribution in [0.2, 0.25) is 0 Å². The Morgan fingerprint density at radius 1 is 1.26 bits per heavy atom. The number of aldehydes is 1. The molecule has 0 bridgehead atoms. The molecule has 0 spiro atoms. The van der Waals surface area contributed by atoms with Gasteiger partial charge in [-0.2, -0.15) is 0 Å². The standard InChI is InChI=1S/C17H22N2O3S/c1-4-5-8-18-15-13(11(2)12(9-20)23-15)14(21)19(16(18)22)10-17(3)6-7-17/h9H,4-8,10H2,1-3H3. The van der Waals surface area contributed by atoms with Crippen LogP contribution in [-0.2, 0) is 13.1 Å². The number of rotatable bonds is 6. The zero-order valence-electron chi connectivity index (χ0n) is 13.8. The lowest BCUT2D eigenvalue weighted by Crippen LogP contribution is -2.41. The van der Waals surface area contributed by atoms with Crippen LogP contribution < -0.4 is 11.2 Å². The number of hydrogen-bond acceptors (Lipinski definition) is 4. The highest BCUT2D eigenvalue weighted by molar-refractivity contribution is 7.20. The summed E-state index contributed by atoms with van der Waals surface area (Å²) in [5.74, 6) is 0. The van der Waals surface area contributed by atoms with Crippen molar-refractivity contribution in [3.63, 3.8) is 0 Å². The third kappa shape index (κ3) is 2.69. The molecule has 0 atom stereocenters. The van der Waals surface area contributed by atoms with Crippen LogP contribution in [0.5, 0.6) is 0 Å². The van der Waals surface area contributed by atoms with E-state index in [-0.39, 0.29) is 16.7 Å².